The van der Waals surface area contributed by atoms with Gasteiger partial charge >= 0.3 is 0 Å². The lowest BCUT2D eigenvalue weighted by Gasteiger charge is -2.10. The van der Waals surface area contributed by atoms with Crippen molar-refractivity contribution in [2.24, 2.45) is 0 Å². The van der Waals surface area contributed by atoms with Crippen LogP contribution in [0.3, 0.4) is 0 Å². The van der Waals surface area contributed by atoms with Crippen molar-refractivity contribution < 1.29 is 14.3 Å². The largest absolute Gasteiger partial charge is 0.493 e. The van der Waals surface area contributed by atoms with E-state index in [0.29, 0.717) is 23.6 Å². The first-order valence-electron chi connectivity index (χ1n) is 6.70. The Morgan fingerprint density at radius 3 is 2.43 bits per heavy atom. The molecule has 0 saturated carbocycles. The number of aromatic amines is 1. The van der Waals surface area contributed by atoms with Gasteiger partial charge < -0.3 is 19.8 Å². The molecule has 0 aliphatic heterocycles. The first-order chi connectivity index (χ1) is 10.0. The van der Waals surface area contributed by atoms with Crippen molar-refractivity contribution in [3.63, 3.8) is 0 Å². The van der Waals surface area contributed by atoms with Crippen LogP contribution in [-0.2, 0) is 6.54 Å². The van der Waals surface area contributed by atoms with Gasteiger partial charge in [0.2, 0.25) is 0 Å². The van der Waals surface area contributed by atoms with Gasteiger partial charge in [-0.05, 0) is 37.6 Å². The summed E-state index contributed by atoms with van der Waals surface area (Å²) in [6.07, 6.45) is 0. The molecule has 5 nitrogen and oxygen atoms in total. The summed E-state index contributed by atoms with van der Waals surface area (Å²) in [6, 6.07) is 7.43. The Labute approximate surface area is 124 Å². The zero-order valence-corrected chi connectivity index (χ0v) is 12.7. The SMILES string of the molecule is COc1ccc(CNC(=O)c2cc(C)[nH]c2C)cc1OC. The normalized spacial score (nSPS) is 10.3. The molecule has 1 aromatic carbocycles. The third-order valence-electron chi connectivity index (χ3n) is 3.30. The van der Waals surface area contributed by atoms with E-state index >= 15 is 0 Å². The number of aromatic nitrogens is 1. The van der Waals surface area contributed by atoms with Crippen LogP contribution < -0.4 is 14.8 Å². The summed E-state index contributed by atoms with van der Waals surface area (Å²) in [5.74, 6) is 1.23. The fourth-order valence-corrected chi connectivity index (χ4v) is 2.23. The van der Waals surface area contributed by atoms with Crippen molar-refractivity contribution in [2.45, 2.75) is 20.4 Å². The van der Waals surface area contributed by atoms with Gasteiger partial charge in [0, 0.05) is 17.9 Å². The van der Waals surface area contributed by atoms with Crippen LogP contribution in [0.1, 0.15) is 27.3 Å². The van der Waals surface area contributed by atoms with Crippen LogP contribution in [0.15, 0.2) is 24.3 Å². The zero-order valence-electron chi connectivity index (χ0n) is 12.7. The Morgan fingerprint density at radius 1 is 1.14 bits per heavy atom. The van der Waals surface area contributed by atoms with Crippen LogP contribution in [0.5, 0.6) is 11.5 Å². The lowest BCUT2D eigenvalue weighted by atomic mass is 10.2. The molecule has 2 N–H and O–H groups in total. The fraction of sp³-hybridized carbons (Fsp3) is 0.312. The van der Waals surface area contributed by atoms with Gasteiger partial charge in [0.05, 0.1) is 19.8 Å². The second-order valence-electron chi connectivity index (χ2n) is 4.86. The van der Waals surface area contributed by atoms with Gasteiger partial charge in [-0.15, -0.1) is 0 Å². The van der Waals surface area contributed by atoms with E-state index in [0.717, 1.165) is 17.0 Å². The summed E-state index contributed by atoms with van der Waals surface area (Å²) >= 11 is 0. The van der Waals surface area contributed by atoms with E-state index in [9.17, 15) is 4.79 Å². The minimum atomic E-state index is -0.0911. The minimum Gasteiger partial charge on any atom is -0.493 e. The van der Waals surface area contributed by atoms with Crippen molar-refractivity contribution in [1.82, 2.24) is 10.3 Å². The molecule has 0 radical (unpaired) electrons. The summed E-state index contributed by atoms with van der Waals surface area (Å²) in [4.78, 5) is 15.3. The third kappa shape index (κ3) is 3.37. The van der Waals surface area contributed by atoms with Gasteiger partial charge in [0.1, 0.15) is 0 Å². The zero-order chi connectivity index (χ0) is 15.4. The summed E-state index contributed by atoms with van der Waals surface area (Å²) in [7, 11) is 3.18. The van der Waals surface area contributed by atoms with E-state index in [1.54, 1.807) is 14.2 Å². The average Bonchev–Trinajstić information content (AvgIpc) is 2.83. The fourth-order valence-electron chi connectivity index (χ4n) is 2.23. The van der Waals surface area contributed by atoms with Gasteiger partial charge in [0.25, 0.3) is 5.91 Å². The molecule has 0 spiro atoms. The second kappa shape index (κ2) is 6.35. The van der Waals surface area contributed by atoms with Crippen LogP contribution in [0.2, 0.25) is 0 Å². The number of hydrogen-bond acceptors (Lipinski definition) is 3. The van der Waals surface area contributed by atoms with E-state index in [1.807, 2.05) is 38.1 Å². The average molecular weight is 288 g/mol. The van der Waals surface area contributed by atoms with Crippen molar-refractivity contribution in [3.05, 3.63) is 46.8 Å². The van der Waals surface area contributed by atoms with Crippen molar-refractivity contribution >= 4 is 5.91 Å². The molecule has 0 saturated heterocycles. The first kappa shape index (κ1) is 15.0. The van der Waals surface area contributed by atoms with Gasteiger partial charge in [-0.25, -0.2) is 0 Å². The topological polar surface area (TPSA) is 63.3 Å². The van der Waals surface area contributed by atoms with Crippen LogP contribution in [-0.4, -0.2) is 25.1 Å². The monoisotopic (exact) mass is 288 g/mol. The maximum atomic E-state index is 12.1. The maximum Gasteiger partial charge on any atom is 0.253 e. The number of rotatable bonds is 5. The molecule has 5 heteroatoms. The van der Waals surface area contributed by atoms with E-state index in [1.165, 1.54) is 0 Å². The summed E-state index contributed by atoms with van der Waals surface area (Å²) in [5.41, 5.74) is 3.47. The first-order valence-corrected chi connectivity index (χ1v) is 6.70. The number of nitrogens with one attached hydrogen (secondary N) is 2. The van der Waals surface area contributed by atoms with E-state index in [2.05, 4.69) is 10.3 Å². The van der Waals surface area contributed by atoms with Gasteiger partial charge in [-0.3, -0.25) is 4.79 Å². The highest BCUT2D eigenvalue weighted by atomic mass is 16.5. The Bertz CT molecular complexity index is 647. The van der Waals surface area contributed by atoms with Gasteiger partial charge in [-0.1, -0.05) is 6.07 Å². The molecule has 0 aliphatic carbocycles. The maximum absolute atomic E-state index is 12.1. The van der Waals surface area contributed by atoms with Gasteiger partial charge in [-0.2, -0.15) is 0 Å². The lowest BCUT2D eigenvalue weighted by molar-refractivity contribution is 0.0950. The highest BCUT2D eigenvalue weighted by Gasteiger charge is 2.11. The molecule has 0 aliphatic rings. The van der Waals surface area contributed by atoms with Crippen LogP contribution in [0.25, 0.3) is 0 Å². The number of H-pyrrole nitrogens is 1. The molecule has 0 atom stereocenters. The highest BCUT2D eigenvalue weighted by Crippen LogP contribution is 2.27. The molecule has 2 rings (SSSR count). The number of aryl methyl sites for hydroxylation is 2. The minimum absolute atomic E-state index is 0.0911. The van der Waals surface area contributed by atoms with E-state index in [4.69, 9.17) is 9.47 Å². The molecule has 0 unspecified atom stereocenters. The van der Waals surface area contributed by atoms with Crippen LogP contribution >= 0.6 is 0 Å². The Hall–Kier alpha value is -2.43. The molecule has 0 fully saturated rings. The van der Waals surface area contributed by atoms with Crippen molar-refractivity contribution in [1.29, 1.82) is 0 Å². The summed E-state index contributed by atoms with van der Waals surface area (Å²) < 4.78 is 10.4. The Morgan fingerprint density at radius 2 is 1.86 bits per heavy atom. The van der Waals surface area contributed by atoms with Crippen LogP contribution in [0.4, 0.5) is 0 Å². The molecular formula is C16H20N2O3. The lowest BCUT2D eigenvalue weighted by Crippen LogP contribution is -2.23. The Balaban J connectivity index is 2.06. The number of hydrogen-bond donors (Lipinski definition) is 2. The molecule has 1 amide bonds. The smallest absolute Gasteiger partial charge is 0.253 e. The third-order valence-corrected chi connectivity index (χ3v) is 3.30. The summed E-state index contributed by atoms with van der Waals surface area (Å²) in [5, 5.41) is 2.90. The number of benzene rings is 1. The van der Waals surface area contributed by atoms with Crippen molar-refractivity contribution in [2.75, 3.05) is 14.2 Å². The number of amides is 1. The Kier molecular flexibility index (Phi) is 4.52. The predicted octanol–water partition coefficient (Wildman–Crippen LogP) is 2.58. The van der Waals surface area contributed by atoms with Gasteiger partial charge in [0.15, 0.2) is 11.5 Å². The standard InChI is InChI=1S/C16H20N2O3/c1-10-7-13(11(2)18-10)16(19)17-9-12-5-6-14(20-3)15(8-12)21-4/h5-8,18H,9H2,1-4H3,(H,17,19). The molecule has 0 bridgehead atoms. The molecule has 2 aromatic rings. The quantitative estimate of drug-likeness (QED) is 0.889. The van der Waals surface area contributed by atoms with Crippen LogP contribution in [0, 0.1) is 13.8 Å². The number of ether oxygens (including phenoxy) is 2. The number of methoxy groups -OCH3 is 2. The number of carbonyl (C=O) groups is 1. The highest BCUT2D eigenvalue weighted by molar-refractivity contribution is 5.95. The summed E-state index contributed by atoms with van der Waals surface area (Å²) in [6.45, 7) is 4.25. The molecule has 21 heavy (non-hydrogen) atoms. The van der Waals surface area contributed by atoms with E-state index in [-0.39, 0.29) is 5.91 Å². The molecule has 112 valence electrons. The molecular weight excluding hydrogens is 268 g/mol. The van der Waals surface area contributed by atoms with Crippen molar-refractivity contribution in [3.8, 4) is 11.5 Å². The number of carbonyl (C=O) groups excluding carboxylic acids is 1. The predicted molar refractivity (Wildman–Crippen MR) is 81.0 cm³/mol. The molecule has 1 aromatic heterocycles. The second-order valence-corrected chi connectivity index (χ2v) is 4.86. The molecule has 1 heterocycles. The van der Waals surface area contributed by atoms with E-state index < -0.39 is 0 Å².